The van der Waals surface area contributed by atoms with Gasteiger partial charge in [-0.15, -0.1) is 0 Å². The molecule has 35 heavy (non-hydrogen) atoms. The van der Waals surface area contributed by atoms with Gasteiger partial charge in [-0.1, -0.05) is 6.92 Å². The smallest absolute Gasteiger partial charge is 0.256 e. The summed E-state index contributed by atoms with van der Waals surface area (Å²) in [4.78, 5) is 49.8. The number of nitrogens with one attached hydrogen (secondary N) is 1. The number of Topliss-reactive ketones (excluding diaryl/α,β-unsaturated/α-hetero) is 1. The molecule has 0 saturated carbocycles. The predicted octanol–water partition coefficient (Wildman–Crippen LogP) is 2.70. The highest BCUT2D eigenvalue weighted by Gasteiger charge is 2.29. The van der Waals surface area contributed by atoms with E-state index in [2.05, 4.69) is 14.9 Å². The van der Waals surface area contributed by atoms with Crippen LogP contribution in [0.3, 0.4) is 0 Å². The van der Waals surface area contributed by atoms with Crippen molar-refractivity contribution < 1.29 is 18.7 Å². The molecule has 1 atom stereocenters. The van der Waals surface area contributed by atoms with Gasteiger partial charge in [-0.05, 0) is 63.5 Å². The second-order valence-electron chi connectivity index (χ2n) is 9.44. The van der Waals surface area contributed by atoms with Gasteiger partial charge in [0, 0.05) is 23.9 Å². The quantitative estimate of drug-likeness (QED) is 0.579. The Morgan fingerprint density at radius 3 is 2.66 bits per heavy atom. The van der Waals surface area contributed by atoms with Crippen molar-refractivity contribution in [2.24, 2.45) is 5.92 Å². The lowest BCUT2D eigenvalue weighted by molar-refractivity contribution is -0.135. The highest BCUT2D eigenvalue weighted by molar-refractivity contribution is 5.97. The summed E-state index contributed by atoms with van der Waals surface area (Å²) < 4.78 is 18.5. The van der Waals surface area contributed by atoms with E-state index < -0.39 is 0 Å². The molecule has 1 aromatic heterocycles. The third-order valence-corrected chi connectivity index (χ3v) is 7.09. The van der Waals surface area contributed by atoms with Crippen LogP contribution in [0.5, 0.6) is 0 Å². The van der Waals surface area contributed by atoms with Crippen LogP contribution in [0.4, 0.5) is 4.39 Å². The normalized spacial score (nSPS) is 17.6. The highest BCUT2D eigenvalue weighted by Crippen LogP contribution is 2.22. The van der Waals surface area contributed by atoms with E-state index in [1.54, 1.807) is 4.90 Å². The SMILES string of the molecule is CCC(C)N(Cc1nc2c(c(=O)[nH]1)COCC2)C(=O)CN1CCC(C(=O)c2ccc(F)cc2)CC1. The van der Waals surface area contributed by atoms with Gasteiger partial charge < -0.3 is 14.6 Å². The average molecular weight is 485 g/mol. The number of halogens is 1. The van der Waals surface area contributed by atoms with Gasteiger partial charge in [-0.2, -0.15) is 0 Å². The van der Waals surface area contributed by atoms with Crippen LogP contribution in [0.2, 0.25) is 0 Å². The summed E-state index contributed by atoms with van der Waals surface area (Å²) in [6, 6.07) is 5.67. The maximum atomic E-state index is 13.3. The van der Waals surface area contributed by atoms with Crippen molar-refractivity contribution in [3.8, 4) is 0 Å². The van der Waals surface area contributed by atoms with Gasteiger partial charge in [0.25, 0.3) is 5.56 Å². The third-order valence-electron chi connectivity index (χ3n) is 7.09. The van der Waals surface area contributed by atoms with Crippen LogP contribution in [0, 0.1) is 11.7 Å². The van der Waals surface area contributed by atoms with Gasteiger partial charge >= 0.3 is 0 Å². The number of likely N-dealkylation sites (tertiary alicyclic amines) is 1. The largest absolute Gasteiger partial charge is 0.376 e. The first-order valence-corrected chi connectivity index (χ1v) is 12.4. The Labute approximate surface area is 204 Å². The molecule has 0 bridgehead atoms. The number of ketones is 1. The average Bonchev–Trinajstić information content (AvgIpc) is 2.87. The summed E-state index contributed by atoms with van der Waals surface area (Å²) in [5.41, 5.74) is 1.65. The number of fused-ring (bicyclic) bond motifs is 1. The molecule has 2 aliphatic heterocycles. The van der Waals surface area contributed by atoms with Crippen LogP contribution in [-0.2, 0) is 29.1 Å². The molecule has 1 fully saturated rings. The number of hydrogen-bond donors (Lipinski definition) is 1. The Kier molecular flexibility index (Phi) is 8.07. The zero-order chi connectivity index (χ0) is 24.9. The van der Waals surface area contributed by atoms with Crippen LogP contribution in [0.25, 0.3) is 0 Å². The molecule has 0 spiro atoms. The first-order valence-electron chi connectivity index (χ1n) is 12.4. The molecule has 9 heteroatoms. The van der Waals surface area contributed by atoms with E-state index in [-0.39, 0.29) is 54.7 Å². The van der Waals surface area contributed by atoms with Crippen molar-refractivity contribution in [3.05, 3.63) is 63.1 Å². The molecule has 1 saturated heterocycles. The number of hydrogen-bond acceptors (Lipinski definition) is 6. The number of amides is 1. The number of benzene rings is 1. The zero-order valence-corrected chi connectivity index (χ0v) is 20.4. The van der Waals surface area contributed by atoms with Crippen LogP contribution < -0.4 is 5.56 Å². The Morgan fingerprint density at radius 1 is 1.26 bits per heavy atom. The van der Waals surface area contributed by atoms with Gasteiger partial charge in [0.05, 0.1) is 37.6 Å². The molecular formula is C26H33FN4O4. The molecule has 1 N–H and O–H groups in total. The van der Waals surface area contributed by atoms with E-state index in [0.29, 0.717) is 55.9 Å². The van der Waals surface area contributed by atoms with E-state index in [9.17, 15) is 18.8 Å². The standard InChI is InChI=1S/C26H33FN4O4/c1-3-17(2)31(14-23-28-22-10-13-35-16-21(22)26(34)29-23)24(32)15-30-11-8-19(9-12-30)25(33)18-4-6-20(27)7-5-18/h4-7,17,19H,3,8-16H2,1-2H3,(H,28,29,34). The van der Waals surface area contributed by atoms with Crippen molar-refractivity contribution in [1.82, 2.24) is 19.8 Å². The third kappa shape index (κ3) is 6.02. The van der Waals surface area contributed by atoms with Gasteiger partial charge in [0.2, 0.25) is 5.91 Å². The number of carbonyl (C=O) groups is 2. The molecule has 3 heterocycles. The minimum Gasteiger partial charge on any atom is -0.376 e. The molecule has 1 amide bonds. The van der Waals surface area contributed by atoms with E-state index in [4.69, 9.17) is 4.74 Å². The molecule has 188 valence electrons. The van der Waals surface area contributed by atoms with Gasteiger partial charge in [-0.3, -0.25) is 19.3 Å². The number of rotatable bonds is 8. The van der Waals surface area contributed by atoms with Crippen LogP contribution in [0.15, 0.2) is 29.1 Å². The molecule has 0 radical (unpaired) electrons. The maximum Gasteiger partial charge on any atom is 0.256 e. The van der Waals surface area contributed by atoms with Crippen molar-refractivity contribution >= 4 is 11.7 Å². The van der Waals surface area contributed by atoms with E-state index in [0.717, 1.165) is 12.1 Å². The molecular weight excluding hydrogens is 451 g/mol. The second-order valence-corrected chi connectivity index (χ2v) is 9.44. The number of nitrogens with zero attached hydrogens (tertiary/aromatic N) is 3. The monoisotopic (exact) mass is 484 g/mol. The Hall–Kier alpha value is -2.91. The topological polar surface area (TPSA) is 95.6 Å². The van der Waals surface area contributed by atoms with E-state index in [1.165, 1.54) is 24.3 Å². The highest BCUT2D eigenvalue weighted by atomic mass is 19.1. The lowest BCUT2D eigenvalue weighted by Gasteiger charge is -2.34. The van der Waals surface area contributed by atoms with Crippen LogP contribution in [-0.4, -0.2) is 63.7 Å². The molecule has 8 nitrogen and oxygen atoms in total. The molecule has 2 aliphatic rings. The number of carbonyl (C=O) groups excluding carboxylic acids is 2. The number of aromatic nitrogens is 2. The molecule has 2 aromatic rings. The number of H-pyrrole nitrogens is 1. The minimum atomic E-state index is -0.357. The Balaban J connectivity index is 1.37. The predicted molar refractivity (Wildman–Crippen MR) is 128 cm³/mol. The summed E-state index contributed by atoms with van der Waals surface area (Å²) in [6.07, 6.45) is 2.70. The van der Waals surface area contributed by atoms with E-state index in [1.807, 2.05) is 13.8 Å². The van der Waals surface area contributed by atoms with Gasteiger partial charge in [-0.25, -0.2) is 9.37 Å². The zero-order valence-electron chi connectivity index (χ0n) is 20.4. The fraction of sp³-hybridized carbons (Fsp3) is 0.538. The molecule has 1 aromatic carbocycles. The summed E-state index contributed by atoms with van der Waals surface area (Å²) in [5.74, 6) is 0.0277. The summed E-state index contributed by atoms with van der Waals surface area (Å²) in [7, 11) is 0. The fourth-order valence-electron chi connectivity index (χ4n) is 4.73. The molecule has 4 rings (SSSR count). The Bertz CT molecular complexity index is 1110. The molecule has 1 unspecified atom stereocenters. The maximum absolute atomic E-state index is 13.3. The van der Waals surface area contributed by atoms with E-state index >= 15 is 0 Å². The Morgan fingerprint density at radius 2 is 1.97 bits per heavy atom. The van der Waals surface area contributed by atoms with Crippen LogP contribution >= 0.6 is 0 Å². The lowest BCUT2D eigenvalue weighted by atomic mass is 9.89. The summed E-state index contributed by atoms with van der Waals surface area (Å²) >= 11 is 0. The van der Waals surface area contributed by atoms with Crippen molar-refractivity contribution in [2.75, 3.05) is 26.2 Å². The van der Waals surface area contributed by atoms with Crippen molar-refractivity contribution in [3.63, 3.8) is 0 Å². The van der Waals surface area contributed by atoms with Crippen LogP contribution in [0.1, 0.15) is 60.5 Å². The number of piperidine rings is 1. The second kappa shape index (κ2) is 11.2. The summed E-state index contributed by atoms with van der Waals surface area (Å²) in [6.45, 7) is 6.62. The number of ether oxygens (including phenoxy) is 1. The van der Waals surface area contributed by atoms with Gasteiger partial charge in [0.1, 0.15) is 11.6 Å². The summed E-state index contributed by atoms with van der Waals surface area (Å²) in [5, 5.41) is 0. The first kappa shape index (κ1) is 25.2. The molecule has 0 aliphatic carbocycles. The van der Waals surface area contributed by atoms with Crippen molar-refractivity contribution in [2.45, 2.75) is 58.7 Å². The minimum absolute atomic E-state index is 0.00948. The lowest BCUT2D eigenvalue weighted by Crippen LogP contribution is -2.47. The number of aromatic amines is 1. The first-order chi connectivity index (χ1) is 16.9. The fourth-order valence-corrected chi connectivity index (χ4v) is 4.73. The van der Waals surface area contributed by atoms with Crippen molar-refractivity contribution in [1.29, 1.82) is 0 Å². The van der Waals surface area contributed by atoms with Gasteiger partial charge in [0.15, 0.2) is 5.78 Å².